The van der Waals surface area contributed by atoms with Gasteiger partial charge in [-0.2, -0.15) is 5.26 Å². The van der Waals surface area contributed by atoms with Gasteiger partial charge in [-0.1, -0.05) is 15.9 Å². The summed E-state index contributed by atoms with van der Waals surface area (Å²) in [6.45, 7) is 4.02. The maximum absolute atomic E-state index is 9.14. The number of halogens is 1. The van der Waals surface area contributed by atoms with Crippen LogP contribution >= 0.6 is 15.9 Å². The zero-order chi connectivity index (χ0) is 12.1. The van der Waals surface area contributed by atoms with E-state index in [-0.39, 0.29) is 12.1 Å². The molecule has 0 fully saturated rings. The maximum Gasteiger partial charge on any atom is 0.122 e. The lowest BCUT2D eigenvalue weighted by Crippen LogP contribution is -2.27. The van der Waals surface area contributed by atoms with E-state index in [9.17, 15) is 0 Å². The largest absolute Gasteiger partial charge is 0.497 e. The minimum Gasteiger partial charge on any atom is -0.497 e. The van der Waals surface area contributed by atoms with Crippen LogP contribution in [0.3, 0.4) is 0 Å². The smallest absolute Gasteiger partial charge is 0.122 e. The summed E-state index contributed by atoms with van der Waals surface area (Å²) >= 11 is 3.44. The first-order valence-electron chi connectivity index (χ1n) is 5.07. The van der Waals surface area contributed by atoms with Gasteiger partial charge in [-0.25, -0.2) is 0 Å². The van der Waals surface area contributed by atoms with E-state index in [1.807, 2.05) is 32.0 Å². The molecule has 86 valence electrons. The Morgan fingerprint density at radius 1 is 1.44 bits per heavy atom. The molecule has 0 radical (unpaired) electrons. The fourth-order valence-corrected chi connectivity index (χ4v) is 1.88. The highest BCUT2D eigenvalue weighted by molar-refractivity contribution is 9.10. The molecule has 1 unspecified atom stereocenters. The van der Waals surface area contributed by atoms with Crippen molar-refractivity contribution >= 4 is 15.9 Å². The molecular weight excluding hydrogens is 268 g/mol. The lowest BCUT2D eigenvalue weighted by Gasteiger charge is -2.16. The number of nitrogens with one attached hydrogen (secondary N) is 1. The van der Waals surface area contributed by atoms with Gasteiger partial charge in [0.15, 0.2) is 0 Å². The van der Waals surface area contributed by atoms with E-state index in [0.717, 1.165) is 15.8 Å². The summed E-state index contributed by atoms with van der Waals surface area (Å²) < 4.78 is 6.06. The van der Waals surface area contributed by atoms with Crippen molar-refractivity contribution in [3.05, 3.63) is 28.2 Å². The summed E-state index contributed by atoms with van der Waals surface area (Å²) in [5, 5.41) is 12.3. The van der Waals surface area contributed by atoms with Crippen molar-refractivity contribution < 1.29 is 4.74 Å². The molecular formula is C12H15BrN2O. The molecule has 16 heavy (non-hydrogen) atoms. The third kappa shape index (κ3) is 3.22. The number of hydrogen-bond donors (Lipinski definition) is 1. The van der Waals surface area contributed by atoms with E-state index in [4.69, 9.17) is 10.00 Å². The van der Waals surface area contributed by atoms with Crippen LogP contribution in [0, 0.1) is 11.3 Å². The Balaban J connectivity index is 3.04. The molecule has 0 aliphatic heterocycles. The van der Waals surface area contributed by atoms with Gasteiger partial charge in [-0.15, -0.1) is 0 Å². The van der Waals surface area contributed by atoms with Gasteiger partial charge in [-0.3, -0.25) is 5.32 Å². The first kappa shape index (κ1) is 13.0. The number of hydrogen-bond acceptors (Lipinski definition) is 3. The van der Waals surface area contributed by atoms with E-state index in [1.54, 1.807) is 7.11 Å². The normalized spacial score (nSPS) is 12.2. The first-order valence-corrected chi connectivity index (χ1v) is 5.87. The molecule has 1 rings (SSSR count). The number of nitriles is 1. The minimum absolute atomic E-state index is 0.253. The Morgan fingerprint density at radius 2 is 2.12 bits per heavy atom. The molecule has 0 aliphatic carbocycles. The standard InChI is InChI=1S/C12H15BrN2O/c1-8(2)15-12(7-14)10-6-9(16-3)4-5-11(10)13/h4-6,8,12,15H,1-3H3. The molecule has 0 bridgehead atoms. The van der Waals surface area contributed by atoms with E-state index in [2.05, 4.69) is 27.3 Å². The van der Waals surface area contributed by atoms with E-state index < -0.39 is 0 Å². The molecule has 0 saturated heterocycles. The third-order valence-electron chi connectivity index (χ3n) is 2.14. The maximum atomic E-state index is 9.14. The van der Waals surface area contributed by atoms with Crippen molar-refractivity contribution in [3.8, 4) is 11.8 Å². The fourth-order valence-electron chi connectivity index (χ4n) is 1.40. The molecule has 4 heteroatoms. The van der Waals surface area contributed by atoms with Crippen LogP contribution < -0.4 is 10.1 Å². The van der Waals surface area contributed by atoms with Gasteiger partial charge in [0.2, 0.25) is 0 Å². The average molecular weight is 283 g/mol. The molecule has 1 atom stereocenters. The summed E-state index contributed by atoms with van der Waals surface area (Å²) in [7, 11) is 1.62. The molecule has 1 aromatic rings. The molecule has 0 heterocycles. The van der Waals surface area contributed by atoms with Gasteiger partial charge < -0.3 is 4.74 Å². The van der Waals surface area contributed by atoms with Crippen molar-refractivity contribution in [1.29, 1.82) is 5.26 Å². The number of ether oxygens (including phenoxy) is 1. The zero-order valence-corrected chi connectivity index (χ0v) is 11.2. The van der Waals surface area contributed by atoms with Crippen LogP contribution in [-0.4, -0.2) is 13.2 Å². The topological polar surface area (TPSA) is 45.0 Å². The highest BCUT2D eigenvalue weighted by Gasteiger charge is 2.15. The van der Waals surface area contributed by atoms with Crippen molar-refractivity contribution in [2.24, 2.45) is 0 Å². The predicted molar refractivity (Wildman–Crippen MR) is 67.3 cm³/mol. The van der Waals surface area contributed by atoms with E-state index in [0.29, 0.717) is 0 Å². The average Bonchev–Trinajstić information content (AvgIpc) is 2.26. The van der Waals surface area contributed by atoms with Crippen LogP contribution in [0.2, 0.25) is 0 Å². The summed E-state index contributed by atoms with van der Waals surface area (Å²) in [4.78, 5) is 0. The molecule has 0 aliphatic rings. The fraction of sp³-hybridized carbons (Fsp3) is 0.417. The van der Waals surface area contributed by atoms with Crippen molar-refractivity contribution in [1.82, 2.24) is 5.32 Å². The summed E-state index contributed by atoms with van der Waals surface area (Å²) in [6, 6.07) is 7.78. The van der Waals surface area contributed by atoms with Crippen LogP contribution in [0.5, 0.6) is 5.75 Å². The van der Waals surface area contributed by atoms with Gasteiger partial charge in [-0.05, 0) is 32.0 Å². The Labute approximate surface area is 105 Å². The van der Waals surface area contributed by atoms with Crippen LogP contribution in [0.4, 0.5) is 0 Å². The minimum atomic E-state index is -0.329. The molecule has 1 aromatic carbocycles. The number of benzene rings is 1. The number of methoxy groups -OCH3 is 1. The second kappa shape index (κ2) is 5.88. The highest BCUT2D eigenvalue weighted by atomic mass is 79.9. The highest BCUT2D eigenvalue weighted by Crippen LogP contribution is 2.27. The van der Waals surface area contributed by atoms with Gasteiger partial charge >= 0.3 is 0 Å². The van der Waals surface area contributed by atoms with E-state index >= 15 is 0 Å². The lowest BCUT2D eigenvalue weighted by atomic mass is 10.1. The molecule has 0 spiro atoms. The Bertz CT molecular complexity index is 398. The zero-order valence-electron chi connectivity index (χ0n) is 9.62. The van der Waals surface area contributed by atoms with Crippen LogP contribution in [-0.2, 0) is 0 Å². The van der Waals surface area contributed by atoms with Crippen LogP contribution in [0.25, 0.3) is 0 Å². The van der Waals surface area contributed by atoms with Crippen LogP contribution in [0.15, 0.2) is 22.7 Å². The second-order valence-corrected chi connectivity index (χ2v) is 4.63. The summed E-state index contributed by atoms with van der Waals surface area (Å²) in [6.07, 6.45) is 0. The molecule has 0 saturated carbocycles. The van der Waals surface area contributed by atoms with Gasteiger partial charge in [0.25, 0.3) is 0 Å². The second-order valence-electron chi connectivity index (χ2n) is 3.77. The van der Waals surface area contributed by atoms with Gasteiger partial charge in [0, 0.05) is 16.1 Å². The monoisotopic (exact) mass is 282 g/mol. The summed E-state index contributed by atoms with van der Waals surface area (Å²) in [5.74, 6) is 0.754. The van der Waals surface area contributed by atoms with Crippen molar-refractivity contribution in [3.63, 3.8) is 0 Å². The lowest BCUT2D eigenvalue weighted by molar-refractivity contribution is 0.413. The quantitative estimate of drug-likeness (QED) is 0.923. The Kier molecular flexibility index (Phi) is 4.78. The van der Waals surface area contributed by atoms with E-state index in [1.165, 1.54) is 0 Å². The van der Waals surface area contributed by atoms with Crippen molar-refractivity contribution in [2.75, 3.05) is 7.11 Å². The Hall–Kier alpha value is -1.05. The third-order valence-corrected chi connectivity index (χ3v) is 2.87. The number of rotatable bonds is 4. The van der Waals surface area contributed by atoms with Crippen molar-refractivity contribution in [2.45, 2.75) is 25.9 Å². The van der Waals surface area contributed by atoms with Crippen LogP contribution in [0.1, 0.15) is 25.5 Å². The molecule has 0 amide bonds. The predicted octanol–water partition coefficient (Wildman–Crippen LogP) is 3.02. The number of nitrogens with zero attached hydrogens (tertiary/aromatic N) is 1. The van der Waals surface area contributed by atoms with Gasteiger partial charge in [0.1, 0.15) is 11.8 Å². The molecule has 1 N–H and O–H groups in total. The first-order chi connectivity index (χ1) is 7.58. The Morgan fingerprint density at radius 3 is 2.62 bits per heavy atom. The van der Waals surface area contributed by atoms with Gasteiger partial charge in [0.05, 0.1) is 13.2 Å². The molecule has 3 nitrogen and oxygen atoms in total. The summed E-state index contributed by atoms with van der Waals surface area (Å²) in [5.41, 5.74) is 0.899. The SMILES string of the molecule is COc1ccc(Br)c(C(C#N)NC(C)C)c1. The molecule has 0 aromatic heterocycles.